The first kappa shape index (κ1) is 10.6. The molecule has 0 spiro atoms. The largest absolute Gasteiger partial charge is 0.368 e. The van der Waals surface area contributed by atoms with Gasteiger partial charge in [-0.25, -0.2) is 0 Å². The molecule has 1 rings (SSSR count). The minimum atomic E-state index is -0.939. The zero-order chi connectivity index (χ0) is 10.0. The third-order valence-corrected chi connectivity index (χ3v) is 2.51. The van der Waals surface area contributed by atoms with Crippen molar-refractivity contribution >= 4 is 40.7 Å². The Hall–Kier alpha value is -0.440. The number of hydrogen-bond donors (Lipinski definition) is 1. The highest BCUT2D eigenvalue weighted by Gasteiger charge is 2.17. The van der Waals surface area contributed by atoms with Crippen molar-refractivity contribution in [3.05, 3.63) is 33.8 Å². The third kappa shape index (κ3) is 2.50. The highest BCUT2D eigenvalue weighted by molar-refractivity contribution is 6.37. The predicted octanol–water partition coefficient (Wildman–Crippen LogP) is 2.76. The summed E-state index contributed by atoms with van der Waals surface area (Å²) >= 11 is 17.2. The van der Waals surface area contributed by atoms with E-state index in [2.05, 4.69) is 0 Å². The molecule has 13 heavy (non-hydrogen) atoms. The van der Waals surface area contributed by atoms with Crippen LogP contribution in [0.3, 0.4) is 0 Å². The van der Waals surface area contributed by atoms with Crippen LogP contribution < -0.4 is 5.73 Å². The average Bonchev–Trinajstić information content (AvgIpc) is 2.08. The van der Waals surface area contributed by atoms with E-state index in [1.54, 1.807) is 12.1 Å². The lowest BCUT2D eigenvalue weighted by Gasteiger charge is -2.07. The van der Waals surface area contributed by atoms with E-state index < -0.39 is 11.3 Å². The van der Waals surface area contributed by atoms with Gasteiger partial charge in [0.1, 0.15) is 5.38 Å². The lowest BCUT2D eigenvalue weighted by molar-refractivity contribution is -0.117. The molecule has 70 valence electrons. The number of rotatable bonds is 2. The number of hydrogen-bond acceptors (Lipinski definition) is 1. The molecule has 0 fully saturated rings. The Kier molecular flexibility index (Phi) is 3.42. The molecule has 1 aromatic carbocycles. The van der Waals surface area contributed by atoms with E-state index in [1.807, 2.05) is 0 Å². The highest BCUT2D eigenvalue weighted by Crippen LogP contribution is 2.29. The first-order valence-corrected chi connectivity index (χ1v) is 4.60. The van der Waals surface area contributed by atoms with Crippen molar-refractivity contribution < 1.29 is 4.79 Å². The van der Waals surface area contributed by atoms with Crippen LogP contribution in [0, 0.1) is 0 Å². The molecule has 1 amide bonds. The molecular formula is C8H6Cl3NO. The predicted molar refractivity (Wildman–Crippen MR) is 54.3 cm³/mol. The Morgan fingerprint density at radius 1 is 1.38 bits per heavy atom. The van der Waals surface area contributed by atoms with Gasteiger partial charge >= 0.3 is 0 Å². The van der Waals surface area contributed by atoms with Crippen molar-refractivity contribution in [2.75, 3.05) is 0 Å². The van der Waals surface area contributed by atoms with Gasteiger partial charge in [-0.1, -0.05) is 23.2 Å². The molecule has 2 N–H and O–H groups in total. The van der Waals surface area contributed by atoms with E-state index in [0.717, 1.165) is 0 Å². The molecule has 0 aliphatic rings. The smallest absolute Gasteiger partial charge is 0.240 e. The van der Waals surface area contributed by atoms with Gasteiger partial charge in [0, 0.05) is 10.0 Å². The summed E-state index contributed by atoms with van der Waals surface area (Å²) in [5, 5.41) is -0.0966. The van der Waals surface area contributed by atoms with Crippen LogP contribution in [0.4, 0.5) is 0 Å². The van der Waals surface area contributed by atoms with E-state index >= 15 is 0 Å². The molecule has 1 aromatic rings. The zero-order valence-electron chi connectivity index (χ0n) is 6.43. The SMILES string of the molecule is NC(=O)C(Cl)c1cc(Cl)ccc1Cl. The van der Waals surface area contributed by atoms with Gasteiger partial charge in [-0.3, -0.25) is 4.79 Å². The van der Waals surface area contributed by atoms with Crippen LogP contribution in [-0.4, -0.2) is 5.91 Å². The van der Waals surface area contributed by atoms with Crippen molar-refractivity contribution in [2.45, 2.75) is 5.38 Å². The summed E-state index contributed by atoms with van der Waals surface area (Å²) in [6.45, 7) is 0. The Labute approximate surface area is 90.6 Å². The molecule has 0 aliphatic heterocycles. The second-order valence-electron chi connectivity index (χ2n) is 2.43. The van der Waals surface area contributed by atoms with Gasteiger partial charge in [0.25, 0.3) is 0 Å². The van der Waals surface area contributed by atoms with Gasteiger partial charge < -0.3 is 5.73 Å². The Morgan fingerprint density at radius 3 is 2.54 bits per heavy atom. The fraction of sp³-hybridized carbons (Fsp3) is 0.125. The molecule has 0 bridgehead atoms. The zero-order valence-corrected chi connectivity index (χ0v) is 8.70. The maximum atomic E-state index is 10.8. The van der Waals surface area contributed by atoms with Gasteiger partial charge in [0.2, 0.25) is 5.91 Å². The molecule has 1 unspecified atom stereocenters. The minimum absolute atomic E-state index is 0.378. The van der Waals surface area contributed by atoms with Gasteiger partial charge in [0.05, 0.1) is 0 Å². The molecule has 0 heterocycles. The molecule has 0 saturated heterocycles. The molecule has 1 atom stereocenters. The molecule has 0 radical (unpaired) electrons. The normalized spacial score (nSPS) is 12.5. The number of nitrogens with two attached hydrogens (primary N) is 1. The van der Waals surface area contributed by atoms with Crippen LogP contribution in [-0.2, 0) is 4.79 Å². The molecular weight excluding hydrogens is 232 g/mol. The van der Waals surface area contributed by atoms with E-state index in [1.165, 1.54) is 6.07 Å². The Bertz CT molecular complexity index is 340. The van der Waals surface area contributed by atoms with Crippen LogP contribution in [0.25, 0.3) is 0 Å². The topological polar surface area (TPSA) is 43.1 Å². The summed E-state index contributed by atoms with van der Waals surface area (Å²) in [4.78, 5) is 10.8. The van der Waals surface area contributed by atoms with Crippen molar-refractivity contribution in [3.63, 3.8) is 0 Å². The second kappa shape index (κ2) is 4.18. The number of halogens is 3. The molecule has 2 nitrogen and oxygen atoms in total. The summed E-state index contributed by atoms with van der Waals surface area (Å²) in [7, 11) is 0. The minimum Gasteiger partial charge on any atom is -0.368 e. The van der Waals surface area contributed by atoms with E-state index in [9.17, 15) is 4.79 Å². The molecule has 0 saturated carbocycles. The first-order valence-electron chi connectivity index (χ1n) is 3.40. The fourth-order valence-corrected chi connectivity index (χ4v) is 1.51. The number of carbonyl (C=O) groups excluding carboxylic acids is 1. The van der Waals surface area contributed by atoms with Gasteiger partial charge in [-0.15, -0.1) is 11.6 Å². The van der Waals surface area contributed by atoms with E-state index in [-0.39, 0.29) is 0 Å². The fourth-order valence-electron chi connectivity index (χ4n) is 0.862. The maximum absolute atomic E-state index is 10.8. The van der Waals surface area contributed by atoms with Crippen LogP contribution in [0.5, 0.6) is 0 Å². The van der Waals surface area contributed by atoms with Crippen molar-refractivity contribution in [3.8, 4) is 0 Å². The monoisotopic (exact) mass is 237 g/mol. The highest BCUT2D eigenvalue weighted by atomic mass is 35.5. The molecule has 5 heteroatoms. The van der Waals surface area contributed by atoms with E-state index in [0.29, 0.717) is 15.6 Å². The van der Waals surface area contributed by atoms with Gasteiger partial charge in [-0.05, 0) is 23.8 Å². The van der Waals surface area contributed by atoms with Crippen LogP contribution in [0.15, 0.2) is 18.2 Å². The summed E-state index contributed by atoms with van der Waals surface area (Å²) in [5.41, 5.74) is 5.45. The molecule has 0 aliphatic carbocycles. The van der Waals surface area contributed by atoms with Crippen molar-refractivity contribution in [2.24, 2.45) is 5.73 Å². The van der Waals surface area contributed by atoms with Gasteiger partial charge in [0.15, 0.2) is 0 Å². The standard InChI is InChI=1S/C8H6Cl3NO/c9-4-1-2-6(10)5(3-4)7(11)8(12)13/h1-3,7H,(H2,12,13). The maximum Gasteiger partial charge on any atom is 0.240 e. The van der Waals surface area contributed by atoms with Crippen LogP contribution in [0.1, 0.15) is 10.9 Å². The lowest BCUT2D eigenvalue weighted by Crippen LogP contribution is -2.17. The van der Waals surface area contributed by atoms with E-state index in [4.69, 9.17) is 40.5 Å². The number of benzene rings is 1. The average molecular weight is 239 g/mol. The number of amides is 1. The second-order valence-corrected chi connectivity index (χ2v) is 3.71. The number of carbonyl (C=O) groups is 1. The van der Waals surface area contributed by atoms with Crippen molar-refractivity contribution in [1.29, 1.82) is 0 Å². The quantitative estimate of drug-likeness (QED) is 0.791. The summed E-state index contributed by atoms with van der Waals surface area (Å²) in [5.74, 6) is -0.647. The molecule has 0 aromatic heterocycles. The van der Waals surface area contributed by atoms with Crippen LogP contribution >= 0.6 is 34.8 Å². The first-order chi connectivity index (χ1) is 6.02. The third-order valence-electron chi connectivity index (χ3n) is 1.48. The van der Waals surface area contributed by atoms with Crippen molar-refractivity contribution in [1.82, 2.24) is 0 Å². The number of alkyl halides is 1. The Balaban J connectivity index is 3.12. The lowest BCUT2D eigenvalue weighted by atomic mass is 10.1. The summed E-state index contributed by atoms with van der Waals surface area (Å²) in [6.07, 6.45) is 0. The number of primary amides is 1. The van der Waals surface area contributed by atoms with Gasteiger partial charge in [-0.2, -0.15) is 0 Å². The van der Waals surface area contributed by atoms with Crippen LogP contribution in [0.2, 0.25) is 10.0 Å². The Morgan fingerprint density at radius 2 is 2.00 bits per heavy atom. The summed E-state index contributed by atoms with van der Waals surface area (Å²) < 4.78 is 0. The summed E-state index contributed by atoms with van der Waals surface area (Å²) in [6, 6.07) is 4.70.